The summed E-state index contributed by atoms with van der Waals surface area (Å²) in [4.78, 5) is 11.9. The maximum absolute atomic E-state index is 11.9. The monoisotopic (exact) mass is 304 g/mol. The van der Waals surface area contributed by atoms with Crippen LogP contribution in [-0.2, 0) is 0 Å². The van der Waals surface area contributed by atoms with E-state index >= 15 is 0 Å². The third kappa shape index (κ3) is 2.19. The van der Waals surface area contributed by atoms with Crippen LogP contribution >= 0.6 is 23.3 Å². The van der Waals surface area contributed by atoms with Gasteiger partial charge in [-0.15, -0.1) is 0 Å². The Bertz CT molecular complexity index is 844. The van der Waals surface area contributed by atoms with E-state index in [0.717, 1.165) is 22.5 Å². The van der Waals surface area contributed by atoms with E-state index < -0.39 is 5.43 Å². The van der Waals surface area contributed by atoms with E-state index in [4.69, 9.17) is 17.3 Å². The lowest BCUT2D eigenvalue weighted by atomic mass is 10.1. The lowest BCUT2D eigenvalue weighted by Crippen LogP contribution is -2.11. The molecule has 0 saturated heterocycles. The van der Waals surface area contributed by atoms with Gasteiger partial charge in [-0.1, -0.05) is 35.9 Å². The molecule has 0 aliphatic carbocycles. The summed E-state index contributed by atoms with van der Waals surface area (Å²) in [5.74, 6) is 0.144. The van der Waals surface area contributed by atoms with Gasteiger partial charge in [0.05, 0.1) is 11.7 Å². The van der Waals surface area contributed by atoms with Crippen molar-refractivity contribution in [1.82, 2.24) is 8.75 Å². The van der Waals surface area contributed by atoms with Gasteiger partial charge >= 0.3 is 0 Å². The van der Waals surface area contributed by atoms with E-state index in [-0.39, 0.29) is 11.0 Å². The lowest BCUT2D eigenvalue weighted by molar-refractivity contribution is 1.33. The lowest BCUT2D eigenvalue weighted by Gasteiger charge is -2.10. The van der Waals surface area contributed by atoms with Crippen molar-refractivity contribution in [2.45, 2.75) is 0 Å². The van der Waals surface area contributed by atoms with Gasteiger partial charge in [-0.25, -0.2) is 0 Å². The highest BCUT2D eigenvalue weighted by Gasteiger charge is 2.10. The average Bonchev–Trinajstić information content (AvgIpc) is 2.44. The fraction of sp³-hybridized carbons (Fsp3) is 0. The minimum atomic E-state index is -0.433. The molecule has 1 heterocycles. The number of rotatable bonds is 2. The number of aromatic nitrogens is 2. The third-order valence-electron chi connectivity index (χ3n) is 2.85. The first-order valence-electron chi connectivity index (χ1n) is 5.73. The van der Waals surface area contributed by atoms with Gasteiger partial charge in [-0.2, -0.15) is 8.75 Å². The Morgan fingerprint density at radius 3 is 2.70 bits per heavy atom. The predicted molar refractivity (Wildman–Crippen MR) is 82.8 cm³/mol. The number of benzene rings is 2. The number of nitrogens with one attached hydrogen (secondary N) is 1. The minimum absolute atomic E-state index is 0.0966. The number of hydrogen-bond acceptors (Lipinski definition) is 6. The van der Waals surface area contributed by atoms with Crippen molar-refractivity contribution in [1.29, 1.82) is 0 Å². The molecule has 3 aromatic rings. The van der Waals surface area contributed by atoms with Crippen LogP contribution in [0.1, 0.15) is 0 Å². The van der Waals surface area contributed by atoms with E-state index in [1.165, 1.54) is 0 Å². The van der Waals surface area contributed by atoms with E-state index in [1.807, 2.05) is 30.3 Å². The first-order valence-corrected chi connectivity index (χ1v) is 6.84. The van der Waals surface area contributed by atoms with Crippen LogP contribution in [0.5, 0.6) is 0 Å². The van der Waals surface area contributed by atoms with E-state index in [9.17, 15) is 4.79 Å². The normalized spacial score (nSPS) is 10.7. The second-order valence-electron chi connectivity index (χ2n) is 4.11. The van der Waals surface area contributed by atoms with Gasteiger partial charge in [-0.05, 0) is 17.5 Å². The number of nitrogens with zero attached hydrogens (tertiary/aromatic N) is 2. The Kier molecular flexibility index (Phi) is 3.25. The van der Waals surface area contributed by atoms with Crippen LogP contribution in [-0.4, -0.2) is 8.75 Å². The standard InChI is InChI=1S/C13H9ClN4OS/c14-12-11(19)13(18-20-17-12)16-9-6-2-4-7-3-1-5-8(15)10(7)9/h1-6H,15H2,(H,16,18). The van der Waals surface area contributed by atoms with Gasteiger partial charge in [0.1, 0.15) is 0 Å². The molecular formula is C13H9ClN4OS. The molecule has 3 N–H and O–H groups in total. The van der Waals surface area contributed by atoms with Crippen molar-refractivity contribution >= 4 is 51.3 Å². The van der Waals surface area contributed by atoms with Crippen LogP contribution in [0.15, 0.2) is 41.2 Å². The number of nitrogen functional groups attached to an aromatic ring is 1. The summed E-state index contributed by atoms with van der Waals surface area (Å²) in [6.07, 6.45) is 0. The summed E-state index contributed by atoms with van der Waals surface area (Å²) in [6, 6.07) is 11.3. The topological polar surface area (TPSA) is 80.9 Å². The Labute approximate surface area is 123 Å². The highest BCUT2D eigenvalue weighted by Crippen LogP contribution is 2.30. The Morgan fingerprint density at radius 1 is 1.15 bits per heavy atom. The van der Waals surface area contributed by atoms with Crippen LogP contribution in [0.4, 0.5) is 17.2 Å². The molecule has 5 nitrogen and oxygen atoms in total. The van der Waals surface area contributed by atoms with Crippen molar-refractivity contribution in [3.8, 4) is 0 Å². The maximum atomic E-state index is 11.9. The molecular weight excluding hydrogens is 296 g/mol. The summed E-state index contributed by atoms with van der Waals surface area (Å²) in [6.45, 7) is 0. The fourth-order valence-corrected chi connectivity index (χ4v) is 2.55. The SMILES string of the molecule is Nc1cccc2cccc(Nc3nsnc(Cl)c3=O)c12. The van der Waals surface area contributed by atoms with Crippen molar-refractivity contribution in [3.63, 3.8) is 0 Å². The largest absolute Gasteiger partial charge is 0.398 e. The molecule has 2 aromatic carbocycles. The van der Waals surface area contributed by atoms with Crippen LogP contribution in [0.3, 0.4) is 0 Å². The summed E-state index contributed by atoms with van der Waals surface area (Å²) >= 11 is 6.58. The second-order valence-corrected chi connectivity index (χ2v) is 5.00. The molecule has 0 spiro atoms. The third-order valence-corrected chi connectivity index (χ3v) is 3.73. The molecule has 0 atom stereocenters. The van der Waals surface area contributed by atoms with Gasteiger partial charge in [-0.3, -0.25) is 4.79 Å². The molecule has 0 aliphatic rings. The van der Waals surface area contributed by atoms with E-state index in [2.05, 4.69) is 14.1 Å². The number of anilines is 3. The van der Waals surface area contributed by atoms with Gasteiger partial charge in [0, 0.05) is 16.8 Å². The Hall–Kier alpha value is -2.18. The maximum Gasteiger partial charge on any atom is 0.260 e. The molecule has 20 heavy (non-hydrogen) atoms. The van der Waals surface area contributed by atoms with Gasteiger partial charge in [0.15, 0.2) is 11.0 Å². The zero-order chi connectivity index (χ0) is 14.1. The van der Waals surface area contributed by atoms with Crippen LogP contribution in [0.25, 0.3) is 10.8 Å². The molecule has 0 saturated carbocycles. The number of fused-ring (bicyclic) bond motifs is 1. The van der Waals surface area contributed by atoms with Gasteiger partial charge in [0.2, 0.25) is 0 Å². The minimum Gasteiger partial charge on any atom is -0.398 e. The molecule has 100 valence electrons. The first kappa shape index (κ1) is 12.8. The quantitative estimate of drug-likeness (QED) is 0.711. The molecule has 0 fully saturated rings. The Balaban J connectivity index is 2.16. The van der Waals surface area contributed by atoms with Gasteiger partial charge < -0.3 is 11.1 Å². The van der Waals surface area contributed by atoms with Crippen LogP contribution < -0.4 is 16.5 Å². The smallest absolute Gasteiger partial charge is 0.260 e. The van der Waals surface area contributed by atoms with Crippen molar-refractivity contribution in [2.24, 2.45) is 0 Å². The van der Waals surface area contributed by atoms with Crippen LogP contribution in [0.2, 0.25) is 5.15 Å². The molecule has 0 amide bonds. The summed E-state index contributed by atoms with van der Waals surface area (Å²) in [7, 11) is 0. The summed E-state index contributed by atoms with van der Waals surface area (Å²) in [5.41, 5.74) is 6.91. The molecule has 1 aromatic heterocycles. The average molecular weight is 305 g/mol. The molecule has 3 rings (SSSR count). The van der Waals surface area contributed by atoms with Crippen molar-refractivity contribution in [3.05, 3.63) is 51.8 Å². The van der Waals surface area contributed by atoms with Crippen molar-refractivity contribution < 1.29 is 0 Å². The Morgan fingerprint density at radius 2 is 1.90 bits per heavy atom. The molecule has 0 unspecified atom stereocenters. The van der Waals surface area contributed by atoms with E-state index in [0.29, 0.717) is 11.4 Å². The molecule has 7 heteroatoms. The predicted octanol–water partition coefficient (Wildman–Crippen LogP) is 3.03. The summed E-state index contributed by atoms with van der Waals surface area (Å²) in [5, 5.41) is 4.70. The van der Waals surface area contributed by atoms with Crippen LogP contribution in [0, 0.1) is 0 Å². The number of hydrogen-bond donors (Lipinski definition) is 2. The number of halogens is 1. The second kappa shape index (κ2) is 5.07. The fourth-order valence-electron chi connectivity index (χ4n) is 1.96. The van der Waals surface area contributed by atoms with E-state index in [1.54, 1.807) is 6.07 Å². The summed E-state index contributed by atoms with van der Waals surface area (Å²) < 4.78 is 7.63. The number of nitrogens with two attached hydrogens (primary N) is 1. The van der Waals surface area contributed by atoms with Crippen molar-refractivity contribution in [2.75, 3.05) is 11.1 Å². The zero-order valence-corrected chi connectivity index (χ0v) is 11.7. The molecule has 0 bridgehead atoms. The molecule has 0 radical (unpaired) electrons. The molecule has 0 aliphatic heterocycles. The highest BCUT2D eigenvalue weighted by atomic mass is 35.5. The van der Waals surface area contributed by atoms with Gasteiger partial charge in [0.25, 0.3) is 5.43 Å². The zero-order valence-electron chi connectivity index (χ0n) is 10.1. The first-order chi connectivity index (χ1) is 9.66. The highest BCUT2D eigenvalue weighted by molar-refractivity contribution is 6.99.